The average molecular weight is 229 g/mol. The number of nitrogens with zero attached hydrogens (tertiary/aromatic N) is 1. The van der Waals surface area contributed by atoms with Gasteiger partial charge in [-0.05, 0) is 24.3 Å². The summed E-state index contributed by atoms with van der Waals surface area (Å²) in [5.41, 5.74) is 12.7. The van der Waals surface area contributed by atoms with Gasteiger partial charge in [0, 0.05) is 9.80 Å². The molecule has 0 radical (unpaired) electrons. The van der Waals surface area contributed by atoms with Crippen LogP contribution in [-0.2, 0) is 0 Å². The van der Waals surface area contributed by atoms with Gasteiger partial charge < -0.3 is 11.5 Å². The third-order valence-corrected chi connectivity index (χ3v) is 3.70. The molecule has 0 aromatic heterocycles. The smallest absolute Gasteiger partial charge is 0.128 e. The molecular weight excluding hydrogens is 218 g/mol. The largest absolute Gasteiger partial charge is 0.305 e. The van der Waals surface area contributed by atoms with Crippen molar-refractivity contribution in [1.82, 2.24) is 0 Å². The number of hydrogen-bond donors (Lipinski definition) is 2. The summed E-state index contributed by atoms with van der Waals surface area (Å²) >= 11 is 1.66. The molecule has 1 aliphatic heterocycles. The lowest BCUT2D eigenvalue weighted by molar-refractivity contribution is 0.737. The minimum absolute atomic E-state index is 0.749. The van der Waals surface area contributed by atoms with E-state index >= 15 is 0 Å². The van der Waals surface area contributed by atoms with E-state index in [9.17, 15) is 0 Å². The van der Waals surface area contributed by atoms with Crippen LogP contribution in [0.4, 0.5) is 5.69 Å². The van der Waals surface area contributed by atoms with Gasteiger partial charge >= 0.3 is 0 Å². The third kappa shape index (κ3) is 1.43. The van der Waals surface area contributed by atoms with Crippen molar-refractivity contribution < 1.29 is 0 Å². The van der Waals surface area contributed by atoms with E-state index in [1.807, 2.05) is 36.4 Å². The third-order valence-electron chi connectivity index (χ3n) is 2.58. The summed E-state index contributed by atoms with van der Waals surface area (Å²) in [6.07, 6.45) is 5.65. The number of aliphatic imine (C=N–C) groups is 1. The standard InChI is InChI=1S/C12H11N3S/c13-12(14)7-3-6-10-11(12)15-8-4-1-2-5-9(8)16-10/h1-7H,13-14H2. The van der Waals surface area contributed by atoms with E-state index in [1.165, 1.54) is 0 Å². The first kappa shape index (κ1) is 9.84. The second kappa shape index (κ2) is 3.31. The lowest BCUT2D eigenvalue weighted by atomic mass is 10.00. The molecule has 4 heteroatoms. The van der Waals surface area contributed by atoms with Crippen LogP contribution in [0.3, 0.4) is 0 Å². The summed E-state index contributed by atoms with van der Waals surface area (Å²) in [6.45, 7) is 0. The number of nitrogens with two attached hydrogens (primary N) is 2. The topological polar surface area (TPSA) is 64.4 Å². The van der Waals surface area contributed by atoms with Crippen molar-refractivity contribution >= 4 is 23.2 Å². The van der Waals surface area contributed by atoms with Gasteiger partial charge in [0.1, 0.15) is 5.66 Å². The fourth-order valence-corrected chi connectivity index (χ4v) is 2.84. The van der Waals surface area contributed by atoms with Gasteiger partial charge in [-0.3, -0.25) is 0 Å². The van der Waals surface area contributed by atoms with Crippen LogP contribution in [0.5, 0.6) is 0 Å². The summed E-state index contributed by atoms with van der Waals surface area (Å²) in [6, 6.07) is 7.99. The Kier molecular flexibility index (Phi) is 2.04. The van der Waals surface area contributed by atoms with Gasteiger partial charge in [0.25, 0.3) is 0 Å². The quantitative estimate of drug-likeness (QED) is 0.668. The van der Waals surface area contributed by atoms with E-state index in [0.29, 0.717) is 0 Å². The molecule has 1 heterocycles. The number of allylic oxidation sites excluding steroid dienone is 2. The van der Waals surface area contributed by atoms with E-state index in [2.05, 4.69) is 4.99 Å². The molecule has 0 fully saturated rings. The van der Waals surface area contributed by atoms with Crippen molar-refractivity contribution in [1.29, 1.82) is 0 Å². The van der Waals surface area contributed by atoms with Gasteiger partial charge in [0.2, 0.25) is 0 Å². The molecular formula is C12H11N3S. The van der Waals surface area contributed by atoms with E-state index in [1.54, 1.807) is 17.8 Å². The molecule has 0 amide bonds. The highest BCUT2D eigenvalue weighted by Gasteiger charge is 2.32. The predicted octanol–water partition coefficient (Wildman–Crippen LogP) is 1.93. The van der Waals surface area contributed by atoms with Crippen molar-refractivity contribution in [2.24, 2.45) is 16.5 Å². The van der Waals surface area contributed by atoms with Crippen molar-refractivity contribution in [3.05, 3.63) is 47.4 Å². The Bertz CT molecular complexity index is 541. The molecule has 0 unspecified atom stereocenters. The molecule has 2 aliphatic rings. The molecule has 1 aromatic rings. The minimum Gasteiger partial charge on any atom is -0.305 e. The summed E-state index contributed by atoms with van der Waals surface area (Å²) < 4.78 is 0. The number of fused-ring (bicyclic) bond motifs is 2. The summed E-state index contributed by atoms with van der Waals surface area (Å²) in [4.78, 5) is 6.72. The lowest BCUT2D eigenvalue weighted by Gasteiger charge is -2.30. The molecule has 3 nitrogen and oxygen atoms in total. The number of para-hydroxylation sites is 1. The Morgan fingerprint density at radius 3 is 2.88 bits per heavy atom. The Morgan fingerprint density at radius 1 is 1.19 bits per heavy atom. The van der Waals surface area contributed by atoms with Gasteiger partial charge in [0.05, 0.1) is 11.4 Å². The SMILES string of the molecule is NC1(N)C=CC=C2Sc3ccccc3N=C21. The molecule has 0 spiro atoms. The van der Waals surface area contributed by atoms with Crippen molar-refractivity contribution in [3.63, 3.8) is 0 Å². The molecule has 0 atom stereocenters. The molecule has 0 saturated heterocycles. The average Bonchev–Trinajstić information content (AvgIpc) is 2.27. The van der Waals surface area contributed by atoms with E-state index in [4.69, 9.17) is 11.5 Å². The monoisotopic (exact) mass is 229 g/mol. The van der Waals surface area contributed by atoms with E-state index in [-0.39, 0.29) is 0 Å². The van der Waals surface area contributed by atoms with Crippen molar-refractivity contribution in [3.8, 4) is 0 Å². The zero-order valence-corrected chi connectivity index (χ0v) is 9.37. The van der Waals surface area contributed by atoms with Crippen molar-refractivity contribution in [2.75, 3.05) is 0 Å². The normalized spacial score (nSPS) is 20.6. The fourth-order valence-electron chi connectivity index (χ4n) is 1.78. The Morgan fingerprint density at radius 2 is 2.00 bits per heavy atom. The second-order valence-electron chi connectivity index (χ2n) is 3.85. The van der Waals surface area contributed by atoms with Gasteiger partial charge in [-0.1, -0.05) is 30.0 Å². The first-order valence-electron chi connectivity index (χ1n) is 5.00. The molecule has 1 aliphatic carbocycles. The van der Waals surface area contributed by atoms with Crippen LogP contribution in [0.25, 0.3) is 0 Å². The first-order chi connectivity index (χ1) is 7.67. The Balaban J connectivity index is 2.19. The predicted molar refractivity (Wildman–Crippen MR) is 67.7 cm³/mol. The van der Waals surface area contributed by atoms with E-state index in [0.717, 1.165) is 21.2 Å². The Hall–Kier alpha value is -1.36. The first-order valence-corrected chi connectivity index (χ1v) is 5.82. The highest BCUT2D eigenvalue weighted by Crippen LogP contribution is 2.42. The van der Waals surface area contributed by atoms with Crippen LogP contribution >= 0.6 is 11.8 Å². The maximum Gasteiger partial charge on any atom is 0.128 e. The van der Waals surface area contributed by atoms with Crippen LogP contribution in [0.15, 0.2) is 57.3 Å². The zero-order chi connectivity index (χ0) is 11.2. The summed E-state index contributed by atoms with van der Waals surface area (Å²) in [7, 11) is 0. The van der Waals surface area contributed by atoms with Gasteiger partial charge in [-0.25, -0.2) is 4.99 Å². The molecule has 4 N–H and O–H groups in total. The second-order valence-corrected chi connectivity index (χ2v) is 4.94. The molecule has 0 bridgehead atoms. The van der Waals surface area contributed by atoms with Crippen LogP contribution in [0.2, 0.25) is 0 Å². The molecule has 3 rings (SSSR count). The Labute approximate surface area is 97.9 Å². The van der Waals surface area contributed by atoms with Gasteiger partial charge in [0.15, 0.2) is 0 Å². The molecule has 0 saturated carbocycles. The number of benzene rings is 1. The van der Waals surface area contributed by atoms with Gasteiger partial charge in [-0.2, -0.15) is 0 Å². The van der Waals surface area contributed by atoms with Crippen LogP contribution in [0, 0.1) is 0 Å². The zero-order valence-electron chi connectivity index (χ0n) is 8.55. The highest BCUT2D eigenvalue weighted by molar-refractivity contribution is 8.04. The number of hydrogen-bond acceptors (Lipinski definition) is 4. The maximum absolute atomic E-state index is 6.00. The molecule has 16 heavy (non-hydrogen) atoms. The molecule has 1 aromatic carbocycles. The fraction of sp³-hybridized carbons (Fsp3) is 0.0833. The van der Waals surface area contributed by atoms with Crippen LogP contribution in [0.1, 0.15) is 0 Å². The summed E-state index contributed by atoms with van der Waals surface area (Å²) in [5, 5.41) is 0. The number of thioether (sulfide) groups is 1. The highest BCUT2D eigenvalue weighted by atomic mass is 32.2. The molecule has 80 valence electrons. The van der Waals surface area contributed by atoms with Crippen LogP contribution in [-0.4, -0.2) is 11.4 Å². The maximum atomic E-state index is 6.00. The van der Waals surface area contributed by atoms with E-state index < -0.39 is 5.66 Å². The summed E-state index contributed by atoms with van der Waals surface area (Å²) in [5.74, 6) is 0. The van der Waals surface area contributed by atoms with Crippen molar-refractivity contribution in [2.45, 2.75) is 10.6 Å². The lowest BCUT2D eigenvalue weighted by Crippen LogP contribution is -2.56. The minimum atomic E-state index is -0.954. The van der Waals surface area contributed by atoms with Crippen LogP contribution < -0.4 is 11.5 Å². The van der Waals surface area contributed by atoms with Gasteiger partial charge in [-0.15, -0.1) is 0 Å². The number of rotatable bonds is 0.